The van der Waals surface area contributed by atoms with Gasteiger partial charge in [-0.1, -0.05) is 6.07 Å². The molecule has 0 aliphatic rings. The molecule has 0 aromatic heterocycles. The van der Waals surface area contributed by atoms with E-state index < -0.39 is 0 Å². The first-order valence-corrected chi connectivity index (χ1v) is 7.32. The van der Waals surface area contributed by atoms with Crippen molar-refractivity contribution >= 4 is 29.0 Å². The van der Waals surface area contributed by atoms with Crippen molar-refractivity contribution in [3.8, 4) is 5.75 Å². The number of nitrogens with one attached hydrogen (secondary N) is 1. The Kier molecular flexibility index (Phi) is 4.90. The van der Waals surface area contributed by atoms with Crippen LogP contribution in [-0.4, -0.2) is 18.8 Å². The molecule has 0 heterocycles. The average molecular weight is 288 g/mol. The minimum atomic E-state index is -0.218. The predicted molar refractivity (Wildman–Crippen MR) is 83.2 cm³/mol. The number of amides is 1. The molecule has 3 N–H and O–H groups in total. The van der Waals surface area contributed by atoms with Gasteiger partial charge in [-0.15, -0.1) is 11.8 Å². The molecule has 2 aromatic rings. The fraction of sp³-hybridized carbons (Fsp3) is 0.133. The Morgan fingerprint density at radius 2 is 2.00 bits per heavy atom. The van der Waals surface area contributed by atoms with Gasteiger partial charge in [0.15, 0.2) is 6.61 Å². The third-order valence-electron chi connectivity index (χ3n) is 2.60. The van der Waals surface area contributed by atoms with Gasteiger partial charge in [0, 0.05) is 16.3 Å². The summed E-state index contributed by atoms with van der Waals surface area (Å²) >= 11 is 1.66. The standard InChI is InChI=1S/C15H16N2O2S/c1-20-14-7-5-13(6-8-14)19-10-15(18)17-12-4-2-3-11(16)9-12/h2-9H,10,16H2,1H3,(H,17,18). The van der Waals surface area contributed by atoms with Gasteiger partial charge in [-0.05, 0) is 48.7 Å². The first-order valence-electron chi connectivity index (χ1n) is 6.09. The fourth-order valence-electron chi connectivity index (χ4n) is 1.63. The Labute approximate surface area is 122 Å². The highest BCUT2D eigenvalue weighted by Gasteiger charge is 2.04. The Bertz CT molecular complexity index is 585. The number of carbonyl (C=O) groups is 1. The number of anilines is 2. The van der Waals surface area contributed by atoms with Gasteiger partial charge < -0.3 is 15.8 Å². The van der Waals surface area contributed by atoms with E-state index in [4.69, 9.17) is 10.5 Å². The monoisotopic (exact) mass is 288 g/mol. The molecule has 0 bridgehead atoms. The van der Waals surface area contributed by atoms with Gasteiger partial charge in [0.25, 0.3) is 5.91 Å². The van der Waals surface area contributed by atoms with Crippen LogP contribution < -0.4 is 15.8 Å². The number of benzene rings is 2. The molecule has 0 radical (unpaired) electrons. The Morgan fingerprint density at radius 1 is 1.25 bits per heavy atom. The van der Waals surface area contributed by atoms with Crippen LogP contribution >= 0.6 is 11.8 Å². The first-order chi connectivity index (χ1) is 9.67. The molecule has 1 amide bonds. The molecule has 0 unspecified atom stereocenters. The maximum absolute atomic E-state index is 11.7. The molecular formula is C15H16N2O2S. The van der Waals surface area contributed by atoms with E-state index in [2.05, 4.69) is 5.32 Å². The molecule has 20 heavy (non-hydrogen) atoms. The number of rotatable bonds is 5. The summed E-state index contributed by atoms with van der Waals surface area (Å²) < 4.78 is 5.42. The lowest BCUT2D eigenvalue weighted by Gasteiger charge is -2.08. The summed E-state index contributed by atoms with van der Waals surface area (Å²) in [5, 5.41) is 2.73. The van der Waals surface area contributed by atoms with E-state index in [0.717, 1.165) is 4.90 Å². The molecule has 5 heteroatoms. The highest BCUT2D eigenvalue weighted by Crippen LogP contribution is 2.19. The molecule has 0 saturated heterocycles. The molecule has 2 aromatic carbocycles. The number of nitrogens with two attached hydrogens (primary N) is 1. The van der Waals surface area contributed by atoms with E-state index in [1.807, 2.05) is 30.5 Å². The second-order valence-electron chi connectivity index (χ2n) is 4.14. The smallest absolute Gasteiger partial charge is 0.262 e. The van der Waals surface area contributed by atoms with Crippen molar-refractivity contribution in [3.05, 3.63) is 48.5 Å². The van der Waals surface area contributed by atoms with E-state index in [1.54, 1.807) is 36.0 Å². The predicted octanol–water partition coefficient (Wildman–Crippen LogP) is 3.01. The summed E-state index contributed by atoms with van der Waals surface area (Å²) in [5.41, 5.74) is 6.91. The second kappa shape index (κ2) is 6.86. The Balaban J connectivity index is 1.85. The van der Waals surface area contributed by atoms with Gasteiger partial charge >= 0.3 is 0 Å². The van der Waals surface area contributed by atoms with Gasteiger partial charge in [0.05, 0.1) is 0 Å². The van der Waals surface area contributed by atoms with E-state index in [-0.39, 0.29) is 12.5 Å². The topological polar surface area (TPSA) is 64.3 Å². The van der Waals surface area contributed by atoms with Crippen molar-refractivity contribution in [2.75, 3.05) is 23.9 Å². The van der Waals surface area contributed by atoms with Gasteiger partial charge in [0.1, 0.15) is 5.75 Å². The minimum absolute atomic E-state index is 0.0343. The summed E-state index contributed by atoms with van der Waals surface area (Å²) in [6, 6.07) is 14.6. The Hall–Kier alpha value is -2.14. The summed E-state index contributed by atoms with van der Waals surface area (Å²) in [7, 11) is 0. The molecule has 0 atom stereocenters. The van der Waals surface area contributed by atoms with Crippen LogP contribution in [0.25, 0.3) is 0 Å². The quantitative estimate of drug-likeness (QED) is 0.655. The van der Waals surface area contributed by atoms with E-state index in [0.29, 0.717) is 17.1 Å². The zero-order chi connectivity index (χ0) is 14.4. The summed E-state index contributed by atoms with van der Waals surface area (Å²) in [5.74, 6) is 0.454. The molecule has 2 rings (SSSR count). The van der Waals surface area contributed by atoms with Gasteiger partial charge in [0.2, 0.25) is 0 Å². The van der Waals surface area contributed by atoms with Gasteiger partial charge in [-0.25, -0.2) is 0 Å². The first kappa shape index (κ1) is 14.3. The van der Waals surface area contributed by atoms with Crippen LogP contribution in [0.15, 0.2) is 53.4 Å². The summed E-state index contributed by atoms with van der Waals surface area (Å²) in [4.78, 5) is 12.9. The maximum atomic E-state index is 11.7. The molecule has 4 nitrogen and oxygen atoms in total. The van der Waals surface area contributed by atoms with E-state index in [9.17, 15) is 4.79 Å². The van der Waals surface area contributed by atoms with E-state index >= 15 is 0 Å². The van der Waals surface area contributed by atoms with Crippen LogP contribution in [0.4, 0.5) is 11.4 Å². The summed E-state index contributed by atoms with van der Waals surface area (Å²) in [6.45, 7) is -0.0343. The number of hydrogen-bond acceptors (Lipinski definition) is 4. The molecule has 0 aliphatic heterocycles. The molecule has 0 fully saturated rings. The van der Waals surface area contributed by atoms with Crippen LogP contribution in [0.5, 0.6) is 5.75 Å². The molecular weight excluding hydrogens is 272 g/mol. The lowest BCUT2D eigenvalue weighted by Crippen LogP contribution is -2.20. The van der Waals surface area contributed by atoms with Crippen molar-refractivity contribution in [1.82, 2.24) is 0 Å². The maximum Gasteiger partial charge on any atom is 0.262 e. The van der Waals surface area contributed by atoms with Crippen molar-refractivity contribution in [2.45, 2.75) is 4.90 Å². The highest BCUT2D eigenvalue weighted by atomic mass is 32.2. The SMILES string of the molecule is CSc1ccc(OCC(=O)Nc2cccc(N)c2)cc1. The third kappa shape index (κ3) is 4.20. The van der Waals surface area contributed by atoms with Crippen LogP contribution in [-0.2, 0) is 4.79 Å². The number of ether oxygens (including phenoxy) is 1. The average Bonchev–Trinajstić information content (AvgIpc) is 2.46. The summed E-state index contributed by atoms with van der Waals surface area (Å²) in [6.07, 6.45) is 2.01. The van der Waals surface area contributed by atoms with E-state index in [1.165, 1.54) is 0 Å². The zero-order valence-corrected chi connectivity index (χ0v) is 11.9. The van der Waals surface area contributed by atoms with Crippen LogP contribution in [0, 0.1) is 0 Å². The van der Waals surface area contributed by atoms with Crippen LogP contribution in [0.2, 0.25) is 0 Å². The van der Waals surface area contributed by atoms with Crippen molar-refractivity contribution in [3.63, 3.8) is 0 Å². The van der Waals surface area contributed by atoms with Crippen molar-refractivity contribution in [2.24, 2.45) is 0 Å². The van der Waals surface area contributed by atoms with Crippen molar-refractivity contribution in [1.29, 1.82) is 0 Å². The molecule has 104 valence electrons. The molecule has 0 aliphatic carbocycles. The number of thioether (sulfide) groups is 1. The lowest BCUT2D eigenvalue weighted by molar-refractivity contribution is -0.118. The number of carbonyl (C=O) groups excluding carboxylic acids is 1. The largest absolute Gasteiger partial charge is 0.484 e. The number of nitrogen functional groups attached to an aromatic ring is 1. The Morgan fingerprint density at radius 3 is 2.65 bits per heavy atom. The third-order valence-corrected chi connectivity index (χ3v) is 3.34. The molecule has 0 spiro atoms. The molecule has 0 saturated carbocycles. The van der Waals surface area contributed by atoms with Crippen LogP contribution in [0.1, 0.15) is 0 Å². The zero-order valence-electron chi connectivity index (χ0n) is 11.1. The fourth-order valence-corrected chi connectivity index (χ4v) is 2.04. The normalized spacial score (nSPS) is 10.1. The van der Waals surface area contributed by atoms with Crippen LogP contribution in [0.3, 0.4) is 0 Å². The highest BCUT2D eigenvalue weighted by molar-refractivity contribution is 7.98. The lowest BCUT2D eigenvalue weighted by atomic mass is 10.3. The second-order valence-corrected chi connectivity index (χ2v) is 5.02. The van der Waals surface area contributed by atoms with Crippen molar-refractivity contribution < 1.29 is 9.53 Å². The number of hydrogen-bond donors (Lipinski definition) is 2. The van der Waals surface area contributed by atoms with Gasteiger partial charge in [-0.3, -0.25) is 4.79 Å². The van der Waals surface area contributed by atoms with Gasteiger partial charge in [-0.2, -0.15) is 0 Å². The minimum Gasteiger partial charge on any atom is -0.484 e.